The fourth-order valence-electron chi connectivity index (χ4n) is 5.18. The van der Waals surface area contributed by atoms with Crippen molar-refractivity contribution in [3.63, 3.8) is 0 Å². The minimum absolute atomic E-state index is 0.0101. The van der Waals surface area contributed by atoms with Crippen LogP contribution in [-0.2, 0) is 14.3 Å². The highest BCUT2D eigenvalue weighted by molar-refractivity contribution is 5.96. The molecule has 194 valence electrons. The van der Waals surface area contributed by atoms with Crippen molar-refractivity contribution < 1.29 is 18.7 Å². The van der Waals surface area contributed by atoms with E-state index < -0.39 is 24.4 Å². The predicted molar refractivity (Wildman–Crippen MR) is 130 cm³/mol. The third-order valence-corrected chi connectivity index (χ3v) is 7.23. The topological polar surface area (TPSA) is 151 Å². The van der Waals surface area contributed by atoms with E-state index >= 15 is 0 Å². The number of methoxy groups -OCH3 is 1. The average Bonchev–Trinajstić information content (AvgIpc) is 3.35. The van der Waals surface area contributed by atoms with Crippen molar-refractivity contribution in [3.05, 3.63) is 18.5 Å². The molecule has 0 saturated carbocycles. The van der Waals surface area contributed by atoms with E-state index in [-0.39, 0.29) is 36.9 Å². The Morgan fingerprint density at radius 1 is 1.20 bits per heavy atom. The van der Waals surface area contributed by atoms with Gasteiger partial charge >= 0.3 is 0 Å². The molecule has 1 unspecified atom stereocenters. The minimum atomic E-state index is -1.03. The number of piperidine rings is 1. The largest absolute Gasteiger partial charge is 0.380 e. The molecule has 0 bridgehead atoms. The second-order valence-electron chi connectivity index (χ2n) is 9.57. The molecule has 1 aromatic heterocycles. The van der Waals surface area contributed by atoms with Crippen molar-refractivity contribution in [2.24, 2.45) is 23.3 Å². The van der Waals surface area contributed by atoms with Crippen LogP contribution in [0.4, 0.5) is 15.8 Å². The molecule has 35 heavy (non-hydrogen) atoms. The van der Waals surface area contributed by atoms with Crippen molar-refractivity contribution in [1.29, 1.82) is 0 Å². The van der Waals surface area contributed by atoms with Crippen molar-refractivity contribution in [1.82, 2.24) is 20.5 Å². The first-order valence-corrected chi connectivity index (χ1v) is 12.3. The number of likely N-dealkylation sites (tertiary alicyclic amines) is 1. The molecule has 1 aromatic rings. The summed E-state index contributed by atoms with van der Waals surface area (Å²) in [5, 5.41) is 8.85. The lowest BCUT2D eigenvalue weighted by Gasteiger charge is -2.36. The number of pyridine rings is 1. The monoisotopic (exact) mass is 492 g/mol. The number of hydrogen-bond donors (Lipinski definition) is 5. The molecule has 11 nitrogen and oxygen atoms in total. The lowest BCUT2D eigenvalue weighted by molar-refractivity contribution is -0.135. The second-order valence-corrected chi connectivity index (χ2v) is 9.57. The molecule has 4 heterocycles. The summed E-state index contributed by atoms with van der Waals surface area (Å²) < 4.78 is 18.9. The van der Waals surface area contributed by atoms with E-state index in [0.717, 1.165) is 31.5 Å². The Morgan fingerprint density at radius 2 is 1.91 bits per heavy atom. The van der Waals surface area contributed by atoms with Crippen LogP contribution in [0.15, 0.2) is 18.5 Å². The number of nitrogens with zero attached hydrogens (tertiary/aromatic N) is 3. The van der Waals surface area contributed by atoms with E-state index in [1.54, 1.807) is 19.5 Å². The zero-order chi connectivity index (χ0) is 24.9. The summed E-state index contributed by atoms with van der Waals surface area (Å²) in [7, 11) is 1.69. The van der Waals surface area contributed by atoms with Crippen LogP contribution in [0.3, 0.4) is 0 Å². The molecule has 4 rings (SSSR count). The molecule has 2 atom stereocenters. The van der Waals surface area contributed by atoms with E-state index in [2.05, 4.69) is 25.8 Å². The number of halogens is 1. The van der Waals surface area contributed by atoms with Crippen LogP contribution < -0.4 is 32.3 Å². The highest BCUT2D eigenvalue weighted by atomic mass is 19.1. The molecule has 7 N–H and O–H groups in total. The Labute approximate surface area is 205 Å². The van der Waals surface area contributed by atoms with Crippen LogP contribution in [0.25, 0.3) is 0 Å². The van der Waals surface area contributed by atoms with E-state index in [1.807, 2.05) is 11.0 Å². The third kappa shape index (κ3) is 6.07. The van der Waals surface area contributed by atoms with Gasteiger partial charge < -0.3 is 31.3 Å². The van der Waals surface area contributed by atoms with Gasteiger partial charge in [0.2, 0.25) is 11.8 Å². The lowest BCUT2D eigenvalue weighted by Crippen LogP contribution is -2.64. The number of carbonyl (C=O) groups is 2. The summed E-state index contributed by atoms with van der Waals surface area (Å²) >= 11 is 0. The number of nitrogens with one attached hydrogen (secondary N) is 3. The summed E-state index contributed by atoms with van der Waals surface area (Å²) in [6.07, 6.45) is 3.25. The molecule has 0 aromatic carbocycles. The summed E-state index contributed by atoms with van der Waals surface area (Å²) in [6, 6.07) is 1.85. The maximum atomic E-state index is 13.5. The summed E-state index contributed by atoms with van der Waals surface area (Å²) in [5.41, 5.74) is 13.2. The predicted octanol–water partition coefficient (Wildman–Crippen LogP) is -0.799. The zero-order valence-electron chi connectivity index (χ0n) is 20.2. The maximum Gasteiger partial charge on any atom is 0.233 e. The molecule has 3 aliphatic heterocycles. The first-order valence-electron chi connectivity index (χ1n) is 12.3. The molecule has 3 fully saturated rings. The van der Waals surface area contributed by atoms with Gasteiger partial charge in [0, 0.05) is 58.5 Å². The van der Waals surface area contributed by atoms with Crippen molar-refractivity contribution in [2.75, 3.05) is 56.6 Å². The van der Waals surface area contributed by atoms with Gasteiger partial charge in [-0.15, -0.1) is 0 Å². The molecule has 12 heteroatoms. The van der Waals surface area contributed by atoms with E-state index in [4.69, 9.17) is 16.2 Å². The van der Waals surface area contributed by atoms with Gasteiger partial charge in [-0.2, -0.15) is 0 Å². The number of nitrogens with two attached hydrogens (primary N) is 2. The van der Waals surface area contributed by atoms with E-state index in [0.29, 0.717) is 25.3 Å². The first kappa shape index (κ1) is 25.7. The van der Waals surface area contributed by atoms with Crippen LogP contribution >= 0.6 is 0 Å². The van der Waals surface area contributed by atoms with Crippen LogP contribution in [0.5, 0.6) is 0 Å². The molecule has 3 aliphatic rings. The second kappa shape index (κ2) is 11.6. The quantitative estimate of drug-likeness (QED) is 0.308. The Kier molecular flexibility index (Phi) is 8.50. The zero-order valence-corrected chi connectivity index (χ0v) is 20.2. The van der Waals surface area contributed by atoms with Gasteiger partial charge in [-0.25, -0.2) is 4.39 Å². The van der Waals surface area contributed by atoms with Gasteiger partial charge in [-0.05, 0) is 25.3 Å². The lowest BCUT2D eigenvalue weighted by atomic mass is 9.95. The van der Waals surface area contributed by atoms with Gasteiger partial charge in [-0.1, -0.05) is 0 Å². The Balaban J connectivity index is 1.37. The van der Waals surface area contributed by atoms with Crippen LogP contribution in [0, 0.1) is 11.8 Å². The fourth-order valence-corrected chi connectivity index (χ4v) is 5.18. The molecule has 2 amide bonds. The summed E-state index contributed by atoms with van der Waals surface area (Å²) in [5.74, 6) is -0.988. The molecule has 3 saturated heterocycles. The smallest absolute Gasteiger partial charge is 0.233 e. The van der Waals surface area contributed by atoms with Crippen LogP contribution in [0.1, 0.15) is 19.3 Å². The molecule has 0 aliphatic carbocycles. The number of anilines is 2. The molecule has 0 spiro atoms. The maximum absolute atomic E-state index is 13.5. The Hall–Kier alpha value is -2.38. The van der Waals surface area contributed by atoms with Crippen LogP contribution in [0.2, 0.25) is 0 Å². The number of carbonyl (C=O) groups excluding carboxylic acids is 2. The van der Waals surface area contributed by atoms with Crippen molar-refractivity contribution >= 4 is 23.2 Å². The normalized spacial score (nSPS) is 26.7. The highest BCUT2D eigenvalue weighted by Crippen LogP contribution is 2.31. The fraction of sp³-hybridized carbons (Fsp3) is 0.696. The molecular weight excluding hydrogens is 455 g/mol. The highest BCUT2D eigenvalue weighted by Gasteiger charge is 2.36. The number of hydrogen-bond acceptors (Lipinski definition) is 9. The van der Waals surface area contributed by atoms with Gasteiger partial charge in [0.05, 0.1) is 41.9 Å². The number of amides is 2. The van der Waals surface area contributed by atoms with Gasteiger partial charge in [-0.3, -0.25) is 25.2 Å². The van der Waals surface area contributed by atoms with Gasteiger partial charge in [0.25, 0.3) is 0 Å². The number of rotatable bonds is 7. The number of aromatic nitrogens is 1. The molecular formula is C23H37FN8O3. The van der Waals surface area contributed by atoms with Crippen molar-refractivity contribution in [3.8, 4) is 0 Å². The summed E-state index contributed by atoms with van der Waals surface area (Å²) in [4.78, 5) is 34.4. The standard InChI is InChI=1S/C23H37FN8O3/c1-35-16-5-9-32(13-16)23(34)14-3-7-31(8-4-14)18-2-6-27-12-17(18)30-22(33)19(20(25)26)21-28-10-15(24)11-29-21/h2,6,12,14-16,19-21,28-29H,3-5,7-11,13,25-26H2,1H3,(H,30,33)/t15?,16-,19?,21?/m0/s1. The third-order valence-electron chi connectivity index (χ3n) is 7.23. The Bertz CT molecular complexity index is 874. The van der Waals surface area contributed by atoms with Gasteiger partial charge in [0.1, 0.15) is 6.17 Å². The average molecular weight is 493 g/mol. The first-order chi connectivity index (χ1) is 16.9. The van der Waals surface area contributed by atoms with Gasteiger partial charge in [0.15, 0.2) is 0 Å². The molecule has 0 radical (unpaired) electrons. The van der Waals surface area contributed by atoms with E-state index in [1.165, 1.54) is 0 Å². The number of ether oxygens (including phenoxy) is 1. The summed E-state index contributed by atoms with van der Waals surface area (Å²) in [6.45, 7) is 3.05. The van der Waals surface area contributed by atoms with Crippen molar-refractivity contribution in [2.45, 2.75) is 43.9 Å². The number of alkyl halides is 1. The SMILES string of the molecule is CO[C@H]1CCN(C(=O)C2CCN(c3ccncc3NC(=O)C(C(N)N)C3NCC(F)CN3)CC2)C1. The van der Waals surface area contributed by atoms with E-state index in [9.17, 15) is 14.0 Å². The Morgan fingerprint density at radius 3 is 2.54 bits per heavy atom. The van der Waals surface area contributed by atoms with Crippen LogP contribution in [-0.4, -0.2) is 92.7 Å². The minimum Gasteiger partial charge on any atom is -0.380 e.